The van der Waals surface area contributed by atoms with E-state index in [0.717, 1.165) is 23.6 Å². The third-order valence-corrected chi connectivity index (χ3v) is 9.92. The van der Waals surface area contributed by atoms with Crippen molar-refractivity contribution in [1.29, 1.82) is 0 Å². The summed E-state index contributed by atoms with van der Waals surface area (Å²) in [5, 5.41) is 1.66. The van der Waals surface area contributed by atoms with E-state index in [-0.39, 0.29) is 13.1 Å². The molecule has 0 radical (unpaired) electrons. The summed E-state index contributed by atoms with van der Waals surface area (Å²) in [5.74, 6) is 0.640. The Morgan fingerprint density at radius 1 is 0.909 bits per heavy atom. The Bertz CT molecular complexity index is 1290. The van der Waals surface area contributed by atoms with Gasteiger partial charge in [0.15, 0.2) is 5.67 Å². The Hall–Kier alpha value is -2.51. The van der Waals surface area contributed by atoms with Crippen LogP contribution in [0.4, 0.5) is 10.2 Å². The summed E-state index contributed by atoms with van der Waals surface area (Å²) in [6.07, 6.45) is 7.36. The van der Waals surface area contributed by atoms with E-state index < -0.39 is 15.7 Å². The van der Waals surface area contributed by atoms with Crippen LogP contribution in [-0.2, 0) is 15.7 Å². The number of benzene rings is 2. The fourth-order valence-electron chi connectivity index (χ4n) is 5.70. The Morgan fingerprint density at radius 3 is 2.30 bits per heavy atom. The van der Waals surface area contributed by atoms with Gasteiger partial charge in [-0.1, -0.05) is 42.8 Å². The molecule has 3 fully saturated rings. The molecule has 0 bridgehead atoms. The van der Waals surface area contributed by atoms with Crippen molar-refractivity contribution in [3.05, 3.63) is 66.4 Å². The second kappa shape index (κ2) is 7.50. The van der Waals surface area contributed by atoms with Crippen LogP contribution >= 0.6 is 0 Å². The number of alkyl halides is 1. The molecule has 2 aliphatic heterocycles. The average Bonchev–Trinajstić information content (AvgIpc) is 2.81. The van der Waals surface area contributed by atoms with Crippen LogP contribution in [0.15, 0.2) is 65.7 Å². The first-order valence-corrected chi connectivity index (χ1v) is 13.2. The molecule has 172 valence electrons. The summed E-state index contributed by atoms with van der Waals surface area (Å²) in [4.78, 5) is 6.70. The van der Waals surface area contributed by atoms with Crippen LogP contribution in [0.2, 0.25) is 0 Å². The first-order chi connectivity index (χ1) is 15.9. The lowest BCUT2D eigenvalue weighted by Crippen LogP contribution is -2.57. The summed E-state index contributed by atoms with van der Waals surface area (Å²) >= 11 is 0. The second-order valence-corrected chi connectivity index (χ2v) is 11.9. The molecule has 0 unspecified atom stereocenters. The molecule has 1 aromatic heterocycles. The minimum atomic E-state index is -3.57. The van der Waals surface area contributed by atoms with E-state index in [1.165, 1.54) is 19.3 Å². The van der Waals surface area contributed by atoms with Crippen molar-refractivity contribution in [2.24, 2.45) is 5.41 Å². The lowest BCUT2D eigenvalue weighted by atomic mass is 9.63. The first kappa shape index (κ1) is 21.1. The van der Waals surface area contributed by atoms with Crippen LogP contribution in [0.3, 0.4) is 0 Å². The summed E-state index contributed by atoms with van der Waals surface area (Å²) in [6.45, 7) is 1.59. The fourth-order valence-corrected chi connectivity index (χ4v) is 7.17. The number of pyridine rings is 1. The molecule has 6 rings (SSSR count). The molecule has 1 spiro atoms. The molecule has 1 aliphatic carbocycles. The zero-order valence-electron chi connectivity index (χ0n) is 18.6. The van der Waals surface area contributed by atoms with Crippen molar-refractivity contribution in [2.45, 2.75) is 42.7 Å². The zero-order valence-corrected chi connectivity index (χ0v) is 19.4. The Kier molecular flexibility index (Phi) is 4.79. The van der Waals surface area contributed by atoms with E-state index in [1.807, 2.05) is 47.4 Å². The third-order valence-electron chi connectivity index (χ3n) is 8.03. The highest BCUT2D eigenvalue weighted by Gasteiger charge is 2.46. The van der Waals surface area contributed by atoms with Crippen molar-refractivity contribution in [3.63, 3.8) is 0 Å². The highest BCUT2D eigenvalue weighted by Crippen LogP contribution is 2.49. The molecule has 0 atom stereocenters. The lowest BCUT2D eigenvalue weighted by molar-refractivity contribution is 0.0609. The van der Waals surface area contributed by atoms with E-state index in [0.29, 0.717) is 34.8 Å². The Balaban J connectivity index is 1.28. The SMILES string of the molecule is O=S(=O)(c1ccc2ccnc(N3CC(F)(c4ccccc4)C3)c2c1)N1CCC2(CCC2)CC1. The summed E-state index contributed by atoms with van der Waals surface area (Å²) in [7, 11) is -3.57. The van der Waals surface area contributed by atoms with Crippen molar-refractivity contribution in [3.8, 4) is 0 Å². The van der Waals surface area contributed by atoms with Gasteiger partial charge in [-0.3, -0.25) is 0 Å². The number of piperidine rings is 1. The van der Waals surface area contributed by atoms with Crippen LogP contribution < -0.4 is 4.90 Å². The molecule has 2 aromatic carbocycles. The summed E-state index contributed by atoms with van der Waals surface area (Å²) < 4.78 is 43.9. The van der Waals surface area contributed by atoms with Crippen LogP contribution in [-0.4, -0.2) is 43.9 Å². The smallest absolute Gasteiger partial charge is 0.243 e. The van der Waals surface area contributed by atoms with E-state index in [2.05, 4.69) is 4.98 Å². The number of anilines is 1. The van der Waals surface area contributed by atoms with E-state index >= 15 is 4.39 Å². The van der Waals surface area contributed by atoms with Crippen molar-refractivity contribution < 1.29 is 12.8 Å². The number of hydrogen-bond acceptors (Lipinski definition) is 4. The molecule has 5 nitrogen and oxygen atoms in total. The van der Waals surface area contributed by atoms with Crippen molar-refractivity contribution in [1.82, 2.24) is 9.29 Å². The van der Waals surface area contributed by atoms with Crippen LogP contribution in [0.1, 0.15) is 37.7 Å². The van der Waals surface area contributed by atoms with Crippen molar-refractivity contribution >= 4 is 26.6 Å². The molecule has 0 amide bonds. The van der Waals surface area contributed by atoms with Crippen molar-refractivity contribution in [2.75, 3.05) is 31.1 Å². The average molecular weight is 466 g/mol. The van der Waals surface area contributed by atoms with E-state index in [1.54, 1.807) is 22.6 Å². The number of hydrogen-bond donors (Lipinski definition) is 0. The van der Waals surface area contributed by atoms with Gasteiger partial charge in [0.1, 0.15) is 5.82 Å². The normalized spacial score (nSPS) is 22.2. The molecule has 0 N–H and O–H groups in total. The number of halogens is 1. The van der Waals surface area contributed by atoms with E-state index in [4.69, 9.17) is 0 Å². The largest absolute Gasteiger partial charge is 0.349 e. The standard InChI is InChI=1S/C26H28FN3O2S/c27-26(21-5-2-1-3-6-21)18-29(19-26)24-23-17-22(8-7-20(23)9-14-28-24)33(31,32)30-15-12-25(13-16-30)10-4-11-25/h1-3,5-9,14,17H,4,10-13,15-16,18-19H2. The van der Waals surface area contributed by atoms with Gasteiger partial charge in [-0.25, -0.2) is 17.8 Å². The molecule has 1 saturated carbocycles. The van der Waals surface area contributed by atoms with Gasteiger partial charge >= 0.3 is 0 Å². The van der Waals surface area contributed by atoms with Gasteiger partial charge in [0.25, 0.3) is 0 Å². The quantitative estimate of drug-likeness (QED) is 0.551. The Morgan fingerprint density at radius 2 is 1.64 bits per heavy atom. The maximum atomic E-state index is 15.4. The third kappa shape index (κ3) is 3.44. The van der Waals surface area contributed by atoms with Gasteiger partial charge in [0.2, 0.25) is 10.0 Å². The predicted octanol–water partition coefficient (Wildman–Crippen LogP) is 4.87. The van der Waals surface area contributed by atoms with Crippen LogP contribution in [0.25, 0.3) is 10.8 Å². The summed E-state index contributed by atoms with van der Waals surface area (Å²) in [6, 6.07) is 16.3. The minimum Gasteiger partial charge on any atom is -0.349 e. The molecule has 3 aromatic rings. The van der Waals surface area contributed by atoms with Crippen LogP contribution in [0, 0.1) is 5.41 Å². The van der Waals surface area contributed by atoms with Gasteiger partial charge in [-0.15, -0.1) is 0 Å². The Labute approximate surface area is 194 Å². The number of aromatic nitrogens is 1. The first-order valence-electron chi connectivity index (χ1n) is 11.8. The molecule has 2 saturated heterocycles. The number of rotatable bonds is 4. The van der Waals surface area contributed by atoms with Gasteiger partial charge in [0, 0.05) is 24.7 Å². The number of fused-ring (bicyclic) bond motifs is 1. The molecule has 3 heterocycles. The lowest BCUT2D eigenvalue weighted by Gasteiger charge is -2.47. The maximum Gasteiger partial charge on any atom is 0.243 e. The monoisotopic (exact) mass is 465 g/mol. The molecule has 33 heavy (non-hydrogen) atoms. The second-order valence-electron chi connectivity index (χ2n) is 9.96. The number of nitrogens with zero attached hydrogens (tertiary/aromatic N) is 3. The highest BCUT2D eigenvalue weighted by molar-refractivity contribution is 7.89. The van der Waals surface area contributed by atoms with Crippen LogP contribution in [0.5, 0.6) is 0 Å². The fraction of sp³-hybridized carbons (Fsp3) is 0.423. The van der Waals surface area contributed by atoms with Gasteiger partial charge in [0.05, 0.1) is 18.0 Å². The topological polar surface area (TPSA) is 53.5 Å². The predicted molar refractivity (Wildman–Crippen MR) is 127 cm³/mol. The van der Waals surface area contributed by atoms with Gasteiger partial charge in [-0.05, 0) is 60.2 Å². The molecule has 7 heteroatoms. The maximum absolute atomic E-state index is 15.4. The molecular weight excluding hydrogens is 437 g/mol. The zero-order chi connectivity index (χ0) is 22.7. The summed E-state index contributed by atoms with van der Waals surface area (Å²) in [5.41, 5.74) is -0.360. The van der Waals surface area contributed by atoms with Gasteiger partial charge < -0.3 is 4.90 Å². The van der Waals surface area contributed by atoms with Gasteiger partial charge in [-0.2, -0.15) is 4.31 Å². The molecule has 3 aliphatic rings. The molecular formula is C26H28FN3O2S. The minimum absolute atomic E-state index is 0.203. The highest BCUT2D eigenvalue weighted by atomic mass is 32.2. The van der Waals surface area contributed by atoms with E-state index in [9.17, 15) is 8.42 Å². The number of sulfonamides is 1.